The van der Waals surface area contributed by atoms with Crippen LogP contribution in [0.2, 0.25) is 10.0 Å². The van der Waals surface area contributed by atoms with Crippen LogP contribution in [0.1, 0.15) is 12.6 Å². The first-order chi connectivity index (χ1) is 14.9. The Hall–Kier alpha value is -2.13. The van der Waals surface area contributed by atoms with Crippen LogP contribution in [0, 0.1) is 6.92 Å². The summed E-state index contributed by atoms with van der Waals surface area (Å²) in [7, 11) is 1.69. The molecule has 0 aliphatic carbocycles. The highest BCUT2D eigenvalue weighted by Gasteiger charge is 2.35. The van der Waals surface area contributed by atoms with Crippen LogP contribution in [0.25, 0.3) is 11.4 Å². The molecule has 164 valence electrons. The zero-order chi connectivity index (χ0) is 22.1. The molecule has 0 spiro atoms. The molecule has 0 amide bonds. The van der Waals surface area contributed by atoms with Gasteiger partial charge in [-0.1, -0.05) is 23.2 Å². The fourth-order valence-electron chi connectivity index (χ4n) is 3.80. The fourth-order valence-corrected chi connectivity index (χ4v) is 4.95. The van der Waals surface area contributed by atoms with E-state index in [1.807, 2.05) is 19.2 Å². The average molecular weight is 480 g/mol. The van der Waals surface area contributed by atoms with Crippen LogP contribution >= 0.6 is 34.5 Å². The average Bonchev–Trinajstić information content (AvgIpc) is 3.39. The number of aromatic nitrogens is 3. The number of benzene rings is 1. The molecule has 1 N–H and O–H groups in total. The van der Waals surface area contributed by atoms with Gasteiger partial charge in [0, 0.05) is 48.9 Å². The van der Waals surface area contributed by atoms with Crippen LogP contribution in [0.3, 0.4) is 0 Å². The molecule has 1 aromatic carbocycles. The molecule has 2 aromatic heterocycles. The van der Waals surface area contributed by atoms with E-state index >= 15 is 0 Å². The molecule has 0 radical (unpaired) electrons. The Morgan fingerprint density at radius 2 is 2.13 bits per heavy atom. The summed E-state index contributed by atoms with van der Waals surface area (Å²) < 4.78 is 7.47. The SMILES string of the molecule is CCO[C@@H]1CN(c2nccs2)C[C@H]1Nc1c(C)nc(-c2ccc(Cl)cc2Cl)n(C)c1=O. The van der Waals surface area contributed by atoms with Crippen molar-refractivity contribution in [2.24, 2.45) is 7.05 Å². The Labute approximate surface area is 194 Å². The number of hydrogen-bond acceptors (Lipinski definition) is 7. The largest absolute Gasteiger partial charge is 0.374 e. The first-order valence-corrected chi connectivity index (χ1v) is 11.6. The van der Waals surface area contributed by atoms with Crippen molar-refractivity contribution in [3.63, 3.8) is 0 Å². The Bertz CT molecular complexity index is 1140. The smallest absolute Gasteiger partial charge is 0.277 e. The quantitative estimate of drug-likeness (QED) is 0.570. The summed E-state index contributed by atoms with van der Waals surface area (Å²) in [5, 5.41) is 7.29. The molecule has 0 saturated carbocycles. The minimum atomic E-state index is -0.170. The van der Waals surface area contributed by atoms with Gasteiger partial charge in [-0.3, -0.25) is 9.36 Å². The lowest BCUT2D eigenvalue weighted by Crippen LogP contribution is -2.38. The fraction of sp³-hybridized carbons (Fsp3) is 0.381. The molecule has 4 rings (SSSR count). The third-order valence-electron chi connectivity index (χ3n) is 5.31. The predicted molar refractivity (Wildman–Crippen MR) is 127 cm³/mol. The zero-order valence-electron chi connectivity index (χ0n) is 17.4. The molecule has 1 saturated heterocycles. The molecular formula is C21H23Cl2N5O2S. The van der Waals surface area contributed by atoms with Gasteiger partial charge in [0.2, 0.25) is 0 Å². The minimum absolute atomic E-state index is 0.0663. The summed E-state index contributed by atoms with van der Waals surface area (Å²) in [5.74, 6) is 0.493. The molecule has 1 aliphatic heterocycles. The molecule has 3 heterocycles. The molecule has 0 bridgehead atoms. The molecule has 7 nitrogen and oxygen atoms in total. The van der Waals surface area contributed by atoms with E-state index < -0.39 is 0 Å². The number of aryl methyl sites for hydroxylation is 1. The highest BCUT2D eigenvalue weighted by Crippen LogP contribution is 2.30. The molecule has 1 fully saturated rings. The molecule has 3 aromatic rings. The van der Waals surface area contributed by atoms with Crippen LogP contribution in [-0.4, -0.2) is 46.4 Å². The number of thiazole rings is 1. The van der Waals surface area contributed by atoms with Crippen molar-refractivity contribution >= 4 is 45.4 Å². The van der Waals surface area contributed by atoms with Gasteiger partial charge in [0.15, 0.2) is 5.13 Å². The summed E-state index contributed by atoms with van der Waals surface area (Å²) in [6, 6.07) is 5.08. The van der Waals surface area contributed by atoms with Crippen molar-refractivity contribution in [2.75, 3.05) is 29.9 Å². The lowest BCUT2D eigenvalue weighted by atomic mass is 10.1. The summed E-state index contributed by atoms with van der Waals surface area (Å²) >= 11 is 14.0. The number of hydrogen-bond donors (Lipinski definition) is 1. The topological polar surface area (TPSA) is 72.3 Å². The molecule has 2 atom stereocenters. The van der Waals surface area contributed by atoms with Gasteiger partial charge in [0.1, 0.15) is 11.5 Å². The van der Waals surface area contributed by atoms with Crippen molar-refractivity contribution in [1.29, 1.82) is 0 Å². The maximum Gasteiger partial charge on any atom is 0.277 e. The van der Waals surface area contributed by atoms with Gasteiger partial charge in [-0.25, -0.2) is 9.97 Å². The van der Waals surface area contributed by atoms with Gasteiger partial charge in [0.25, 0.3) is 5.56 Å². The summed E-state index contributed by atoms with van der Waals surface area (Å²) in [6.07, 6.45) is 1.73. The standard InChI is InChI=1S/C21H23Cl2N5O2S/c1-4-30-17-11-28(21-24-7-8-31-21)10-16(17)26-18-12(2)25-19(27(3)20(18)29)14-6-5-13(22)9-15(14)23/h5-9,16-17,26H,4,10-11H2,1-3H3/t16-,17-/m1/s1. The first-order valence-electron chi connectivity index (χ1n) is 9.94. The molecule has 1 aliphatic rings. The van der Waals surface area contributed by atoms with Crippen molar-refractivity contribution in [2.45, 2.75) is 26.0 Å². The second-order valence-corrected chi connectivity index (χ2v) is 9.07. The van der Waals surface area contributed by atoms with E-state index in [4.69, 9.17) is 27.9 Å². The number of rotatable bonds is 6. The Balaban J connectivity index is 1.65. The van der Waals surface area contributed by atoms with Crippen molar-refractivity contribution in [3.8, 4) is 11.4 Å². The third kappa shape index (κ3) is 4.43. The van der Waals surface area contributed by atoms with Gasteiger partial charge in [0.05, 0.1) is 22.9 Å². The number of anilines is 2. The second-order valence-electron chi connectivity index (χ2n) is 7.35. The summed E-state index contributed by atoms with van der Waals surface area (Å²) in [5.41, 5.74) is 1.55. The predicted octanol–water partition coefficient (Wildman–Crippen LogP) is 4.22. The first kappa shape index (κ1) is 22.1. The van der Waals surface area contributed by atoms with E-state index in [9.17, 15) is 4.79 Å². The zero-order valence-corrected chi connectivity index (χ0v) is 19.8. The number of ether oxygens (including phenoxy) is 1. The van der Waals surface area contributed by atoms with Gasteiger partial charge < -0.3 is 15.0 Å². The van der Waals surface area contributed by atoms with Gasteiger partial charge in [-0.2, -0.15) is 0 Å². The second kappa shape index (κ2) is 9.16. The van der Waals surface area contributed by atoms with Crippen LogP contribution in [0.4, 0.5) is 10.8 Å². The van der Waals surface area contributed by atoms with Crippen molar-refractivity contribution in [3.05, 3.63) is 55.9 Å². The molecule has 31 heavy (non-hydrogen) atoms. The molecule has 10 heteroatoms. The van der Waals surface area contributed by atoms with Crippen LogP contribution in [-0.2, 0) is 11.8 Å². The minimum Gasteiger partial charge on any atom is -0.374 e. The highest BCUT2D eigenvalue weighted by molar-refractivity contribution is 7.13. The van der Waals surface area contributed by atoms with Crippen LogP contribution < -0.4 is 15.8 Å². The van der Waals surface area contributed by atoms with E-state index in [0.717, 1.165) is 5.13 Å². The van der Waals surface area contributed by atoms with Gasteiger partial charge in [-0.05, 0) is 32.0 Å². The van der Waals surface area contributed by atoms with Crippen molar-refractivity contribution in [1.82, 2.24) is 14.5 Å². The monoisotopic (exact) mass is 479 g/mol. The maximum atomic E-state index is 13.3. The van der Waals surface area contributed by atoms with E-state index in [1.54, 1.807) is 42.8 Å². The lowest BCUT2D eigenvalue weighted by molar-refractivity contribution is 0.0720. The normalized spacial score (nSPS) is 18.5. The number of halogens is 2. The van der Waals surface area contributed by atoms with E-state index in [0.29, 0.717) is 52.5 Å². The maximum absolute atomic E-state index is 13.3. The highest BCUT2D eigenvalue weighted by atomic mass is 35.5. The van der Waals surface area contributed by atoms with E-state index in [1.165, 1.54) is 4.57 Å². The Kier molecular flexibility index (Phi) is 6.52. The summed E-state index contributed by atoms with van der Waals surface area (Å²) in [4.78, 5) is 24.5. The summed E-state index contributed by atoms with van der Waals surface area (Å²) in [6.45, 7) is 5.79. The number of nitrogens with one attached hydrogen (secondary N) is 1. The molecular weight excluding hydrogens is 457 g/mol. The van der Waals surface area contributed by atoms with E-state index in [-0.39, 0.29) is 17.7 Å². The lowest BCUT2D eigenvalue weighted by Gasteiger charge is -2.22. The van der Waals surface area contributed by atoms with Gasteiger partial charge >= 0.3 is 0 Å². The third-order valence-corrected chi connectivity index (χ3v) is 6.69. The van der Waals surface area contributed by atoms with Crippen LogP contribution in [0.15, 0.2) is 34.6 Å². The molecule has 0 unspecified atom stereocenters. The van der Waals surface area contributed by atoms with E-state index in [2.05, 4.69) is 20.2 Å². The van der Waals surface area contributed by atoms with Crippen molar-refractivity contribution < 1.29 is 4.74 Å². The Morgan fingerprint density at radius 3 is 2.81 bits per heavy atom. The van der Waals surface area contributed by atoms with Gasteiger partial charge in [-0.15, -0.1) is 11.3 Å². The number of nitrogens with zero attached hydrogens (tertiary/aromatic N) is 4. The van der Waals surface area contributed by atoms with Crippen LogP contribution in [0.5, 0.6) is 0 Å². The Morgan fingerprint density at radius 1 is 1.32 bits per heavy atom.